The minimum Gasteiger partial charge on any atom is -0.339 e. The van der Waals surface area contributed by atoms with Crippen LogP contribution in [0.25, 0.3) is 0 Å². The molecule has 2 N–H and O–H groups in total. The first-order valence-corrected chi connectivity index (χ1v) is 6.84. The van der Waals surface area contributed by atoms with Crippen molar-refractivity contribution >= 4 is 24.2 Å². The number of carbonyl (C=O) groups is 2. The predicted molar refractivity (Wildman–Crippen MR) is 76.0 cm³/mol. The normalized spacial score (nSPS) is 22.0. The van der Waals surface area contributed by atoms with Crippen LogP contribution in [-0.2, 0) is 9.59 Å². The number of piperazine rings is 1. The molecule has 0 unspecified atom stereocenters. The van der Waals surface area contributed by atoms with E-state index in [1.165, 1.54) is 0 Å². The summed E-state index contributed by atoms with van der Waals surface area (Å²) in [6, 6.07) is 0. The maximum absolute atomic E-state index is 12.6. The molecule has 0 radical (unpaired) electrons. The average Bonchev–Trinajstić information content (AvgIpc) is 2.88. The SMILES string of the molecule is CC(=O)N1CCN(C(=O)C2(CN)CCCC2)CC1.Cl. The minimum absolute atomic E-state index is 0. The monoisotopic (exact) mass is 289 g/mol. The highest BCUT2D eigenvalue weighted by Crippen LogP contribution is 2.38. The zero-order valence-electron chi connectivity index (χ0n) is 11.6. The lowest BCUT2D eigenvalue weighted by molar-refractivity contribution is -0.146. The van der Waals surface area contributed by atoms with Gasteiger partial charge in [0, 0.05) is 39.6 Å². The number of nitrogens with two attached hydrogens (primary N) is 1. The second-order valence-electron chi connectivity index (χ2n) is 5.49. The van der Waals surface area contributed by atoms with E-state index in [4.69, 9.17) is 5.73 Å². The van der Waals surface area contributed by atoms with Gasteiger partial charge in [-0.3, -0.25) is 9.59 Å². The smallest absolute Gasteiger partial charge is 0.230 e. The molecule has 0 aromatic carbocycles. The Kier molecular flexibility index (Phi) is 5.62. The van der Waals surface area contributed by atoms with Gasteiger partial charge in [-0.15, -0.1) is 12.4 Å². The molecule has 1 aliphatic heterocycles. The number of rotatable bonds is 2. The van der Waals surface area contributed by atoms with Crippen LogP contribution in [0.5, 0.6) is 0 Å². The second kappa shape index (κ2) is 6.57. The van der Waals surface area contributed by atoms with E-state index in [9.17, 15) is 9.59 Å². The van der Waals surface area contributed by atoms with Crippen molar-refractivity contribution in [3.05, 3.63) is 0 Å². The summed E-state index contributed by atoms with van der Waals surface area (Å²) in [6.45, 7) is 4.65. The molecule has 6 heteroatoms. The molecular weight excluding hydrogens is 266 g/mol. The van der Waals surface area contributed by atoms with Crippen LogP contribution in [0.4, 0.5) is 0 Å². The first kappa shape index (κ1) is 16.2. The van der Waals surface area contributed by atoms with Crippen LogP contribution >= 0.6 is 12.4 Å². The van der Waals surface area contributed by atoms with Crippen molar-refractivity contribution < 1.29 is 9.59 Å². The highest BCUT2D eigenvalue weighted by atomic mass is 35.5. The minimum atomic E-state index is -0.307. The molecule has 1 saturated heterocycles. The van der Waals surface area contributed by atoms with Gasteiger partial charge >= 0.3 is 0 Å². The van der Waals surface area contributed by atoms with E-state index in [0.717, 1.165) is 25.7 Å². The number of carbonyl (C=O) groups excluding carboxylic acids is 2. The largest absolute Gasteiger partial charge is 0.339 e. The number of nitrogens with zero attached hydrogens (tertiary/aromatic N) is 2. The van der Waals surface area contributed by atoms with Gasteiger partial charge in [0.15, 0.2) is 0 Å². The van der Waals surface area contributed by atoms with Gasteiger partial charge in [0.25, 0.3) is 0 Å². The fraction of sp³-hybridized carbons (Fsp3) is 0.846. The molecule has 1 saturated carbocycles. The van der Waals surface area contributed by atoms with Crippen LogP contribution in [0.2, 0.25) is 0 Å². The van der Waals surface area contributed by atoms with E-state index in [-0.39, 0.29) is 29.6 Å². The van der Waals surface area contributed by atoms with Crippen LogP contribution in [0, 0.1) is 5.41 Å². The first-order valence-electron chi connectivity index (χ1n) is 6.84. The standard InChI is InChI=1S/C13H23N3O2.ClH/c1-11(17)15-6-8-16(9-7-15)12(18)13(10-14)4-2-3-5-13;/h2-10,14H2,1H3;1H. The van der Waals surface area contributed by atoms with Gasteiger partial charge < -0.3 is 15.5 Å². The fourth-order valence-corrected chi connectivity index (χ4v) is 3.12. The zero-order chi connectivity index (χ0) is 13.2. The van der Waals surface area contributed by atoms with Gasteiger partial charge in [-0.25, -0.2) is 0 Å². The predicted octanol–water partition coefficient (Wildman–Crippen LogP) is 0.618. The van der Waals surface area contributed by atoms with Crippen LogP contribution in [0.1, 0.15) is 32.6 Å². The summed E-state index contributed by atoms with van der Waals surface area (Å²) in [6.07, 6.45) is 4.07. The van der Waals surface area contributed by atoms with Crippen molar-refractivity contribution in [2.24, 2.45) is 11.1 Å². The Hall–Kier alpha value is -0.810. The number of amides is 2. The van der Waals surface area contributed by atoms with E-state index < -0.39 is 0 Å². The molecule has 1 aliphatic carbocycles. The zero-order valence-corrected chi connectivity index (χ0v) is 12.4. The topological polar surface area (TPSA) is 66.6 Å². The van der Waals surface area contributed by atoms with Crippen molar-refractivity contribution in [1.29, 1.82) is 0 Å². The lowest BCUT2D eigenvalue weighted by Gasteiger charge is -2.39. The van der Waals surface area contributed by atoms with Crippen molar-refractivity contribution in [3.8, 4) is 0 Å². The summed E-state index contributed by atoms with van der Waals surface area (Å²) >= 11 is 0. The molecule has 2 amide bonds. The Morgan fingerprint density at radius 2 is 1.53 bits per heavy atom. The van der Waals surface area contributed by atoms with Crippen LogP contribution in [0.15, 0.2) is 0 Å². The van der Waals surface area contributed by atoms with Gasteiger partial charge in [0.1, 0.15) is 0 Å². The molecule has 5 nitrogen and oxygen atoms in total. The lowest BCUT2D eigenvalue weighted by Crippen LogP contribution is -2.55. The Labute approximate surface area is 120 Å². The first-order chi connectivity index (χ1) is 8.59. The summed E-state index contributed by atoms with van der Waals surface area (Å²) in [7, 11) is 0. The van der Waals surface area contributed by atoms with E-state index in [0.29, 0.717) is 32.7 Å². The molecule has 0 bridgehead atoms. The molecule has 0 aromatic heterocycles. The summed E-state index contributed by atoms with van der Waals surface area (Å²) in [4.78, 5) is 27.5. The molecule has 0 atom stereocenters. The third-order valence-corrected chi connectivity index (χ3v) is 4.42. The van der Waals surface area contributed by atoms with Crippen molar-refractivity contribution in [1.82, 2.24) is 9.80 Å². The maximum atomic E-state index is 12.6. The van der Waals surface area contributed by atoms with Gasteiger partial charge in [-0.05, 0) is 12.8 Å². The van der Waals surface area contributed by atoms with Gasteiger partial charge in [-0.2, -0.15) is 0 Å². The fourth-order valence-electron chi connectivity index (χ4n) is 3.12. The van der Waals surface area contributed by atoms with Gasteiger partial charge in [0.05, 0.1) is 5.41 Å². The average molecular weight is 290 g/mol. The molecule has 2 aliphatic rings. The van der Waals surface area contributed by atoms with Gasteiger partial charge in [0.2, 0.25) is 11.8 Å². The summed E-state index contributed by atoms with van der Waals surface area (Å²) in [5, 5.41) is 0. The van der Waals surface area contributed by atoms with E-state index in [2.05, 4.69) is 0 Å². The van der Waals surface area contributed by atoms with Crippen molar-refractivity contribution in [2.45, 2.75) is 32.6 Å². The Morgan fingerprint density at radius 1 is 1.05 bits per heavy atom. The lowest BCUT2D eigenvalue weighted by atomic mass is 9.84. The number of hydrogen-bond donors (Lipinski definition) is 1. The third-order valence-electron chi connectivity index (χ3n) is 4.42. The number of halogens is 1. The second-order valence-corrected chi connectivity index (χ2v) is 5.49. The van der Waals surface area contributed by atoms with E-state index in [1.807, 2.05) is 4.90 Å². The summed E-state index contributed by atoms with van der Waals surface area (Å²) < 4.78 is 0. The molecule has 0 aromatic rings. The highest BCUT2D eigenvalue weighted by Gasteiger charge is 2.42. The van der Waals surface area contributed by atoms with Crippen LogP contribution in [-0.4, -0.2) is 54.3 Å². The number of hydrogen-bond acceptors (Lipinski definition) is 3. The Balaban J connectivity index is 0.00000180. The van der Waals surface area contributed by atoms with E-state index in [1.54, 1.807) is 11.8 Å². The molecule has 0 spiro atoms. The quantitative estimate of drug-likeness (QED) is 0.810. The van der Waals surface area contributed by atoms with Crippen molar-refractivity contribution in [3.63, 3.8) is 0 Å². The highest BCUT2D eigenvalue weighted by molar-refractivity contribution is 5.85. The maximum Gasteiger partial charge on any atom is 0.230 e. The van der Waals surface area contributed by atoms with Crippen molar-refractivity contribution in [2.75, 3.05) is 32.7 Å². The molecule has 19 heavy (non-hydrogen) atoms. The van der Waals surface area contributed by atoms with Crippen LogP contribution in [0.3, 0.4) is 0 Å². The molecular formula is C13H24ClN3O2. The molecule has 2 rings (SSSR count). The summed E-state index contributed by atoms with van der Waals surface area (Å²) in [5.74, 6) is 0.308. The Bertz CT molecular complexity index is 335. The molecule has 110 valence electrons. The Morgan fingerprint density at radius 3 is 1.95 bits per heavy atom. The third kappa shape index (κ3) is 3.20. The van der Waals surface area contributed by atoms with Crippen LogP contribution < -0.4 is 5.73 Å². The van der Waals surface area contributed by atoms with E-state index >= 15 is 0 Å². The van der Waals surface area contributed by atoms with Gasteiger partial charge in [-0.1, -0.05) is 12.8 Å². The summed E-state index contributed by atoms with van der Waals surface area (Å²) in [5.41, 5.74) is 5.53. The molecule has 2 fully saturated rings. The molecule has 1 heterocycles.